The van der Waals surface area contributed by atoms with Gasteiger partial charge in [0.25, 0.3) is 5.56 Å². The van der Waals surface area contributed by atoms with Gasteiger partial charge in [-0.15, -0.1) is 0 Å². The Labute approximate surface area is 145 Å². The molecule has 5 nitrogen and oxygen atoms in total. The fourth-order valence-electron chi connectivity index (χ4n) is 3.08. The minimum atomic E-state index is -0.164. The lowest BCUT2D eigenvalue weighted by Gasteiger charge is -2.22. The van der Waals surface area contributed by atoms with E-state index in [9.17, 15) is 9.59 Å². The number of aromatic amines is 1. The number of hydrogen-bond acceptors (Lipinski definition) is 4. The Hall–Kier alpha value is -2.08. The third kappa shape index (κ3) is 3.53. The van der Waals surface area contributed by atoms with E-state index in [4.69, 9.17) is 0 Å². The van der Waals surface area contributed by atoms with E-state index in [0.717, 1.165) is 30.6 Å². The Morgan fingerprint density at radius 3 is 3.00 bits per heavy atom. The molecule has 1 aromatic carbocycles. The van der Waals surface area contributed by atoms with E-state index in [2.05, 4.69) is 23.0 Å². The van der Waals surface area contributed by atoms with Crippen molar-refractivity contribution in [1.82, 2.24) is 9.97 Å². The molecule has 0 radical (unpaired) electrons. The number of nitrogens with zero attached hydrogens (tertiary/aromatic N) is 2. The maximum absolute atomic E-state index is 12.7. The number of aryl methyl sites for hydroxylation is 1. The van der Waals surface area contributed by atoms with Crippen LogP contribution in [0.25, 0.3) is 0 Å². The molecule has 24 heavy (non-hydrogen) atoms. The number of nitrogens with one attached hydrogen (secondary N) is 1. The van der Waals surface area contributed by atoms with Crippen LogP contribution in [0.5, 0.6) is 0 Å². The smallest absolute Gasteiger partial charge is 0.251 e. The number of amides is 1. The minimum absolute atomic E-state index is 0.0426. The SMILES string of the molecule is CCCc1cc(=O)[nH]c(SCC(=O)N2c3ccccc3C[C@@H]2C)n1. The van der Waals surface area contributed by atoms with E-state index in [1.807, 2.05) is 30.0 Å². The van der Waals surface area contributed by atoms with E-state index < -0.39 is 0 Å². The van der Waals surface area contributed by atoms with Gasteiger partial charge in [0.2, 0.25) is 5.91 Å². The fourth-order valence-corrected chi connectivity index (χ4v) is 3.84. The van der Waals surface area contributed by atoms with E-state index in [1.54, 1.807) is 0 Å². The molecule has 1 amide bonds. The molecule has 0 aliphatic carbocycles. The highest BCUT2D eigenvalue weighted by molar-refractivity contribution is 7.99. The van der Waals surface area contributed by atoms with Crippen molar-refractivity contribution in [3.63, 3.8) is 0 Å². The van der Waals surface area contributed by atoms with Crippen molar-refractivity contribution in [1.29, 1.82) is 0 Å². The highest BCUT2D eigenvalue weighted by Crippen LogP contribution is 2.32. The Kier molecular flexibility index (Phi) is 5.04. The zero-order chi connectivity index (χ0) is 17.1. The van der Waals surface area contributed by atoms with Crippen LogP contribution < -0.4 is 10.5 Å². The molecule has 1 atom stereocenters. The molecule has 2 heterocycles. The van der Waals surface area contributed by atoms with Gasteiger partial charge in [0, 0.05) is 23.5 Å². The number of benzene rings is 1. The van der Waals surface area contributed by atoms with Gasteiger partial charge in [-0.05, 0) is 31.4 Å². The molecular formula is C18H21N3O2S. The Morgan fingerprint density at radius 2 is 2.21 bits per heavy atom. The first-order chi connectivity index (χ1) is 11.6. The molecule has 126 valence electrons. The van der Waals surface area contributed by atoms with Gasteiger partial charge >= 0.3 is 0 Å². The molecule has 1 N–H and O–H groups in total. The molecule has 0 spiro atoms. The quantitative estimate of drug-likeness (QED) is 0.670. The summed E-state index contributed by atoms with van der Waals surface area (Å²) in [6.07, 6.45) is 2.58. The number of H-pyrrole nitrogens is 1. The fraction of sp³-hybridized carbons (Fsp3) is 0.389. The van der Waals surface area contributed by atoms with Gasteiger partial charge in [-0.3, -0.25) is 9.59 Å². The van der Waals surface area contributed by atoms with Crippen LogP contribution in [0.2, 0.25) is 0 Å². The molecule has 3 rings (SSSR count). The highest BCUT2D eigenvalue weighted by atomic mass is 32.2. The largest absolute Gasteiger partial charge is 0.308 e. The van der Waals surface area contributed by atoms with Crippen molar-refractivity contribution in [2.24, 2.45) is 0 Å². The van der Waals surface area contributed by atoms with Gasteiger partial charge in [0.15, 0.2) is 5.16 Å². The average molecular weight is 343 g/mol. The Bertz CT molecular complexity index is 803. The molecule has 1 aromatic heterocycles. The first kappa shape index (κ1) is 16.8. The number of thioether (sulfide) groups is 1. The van der Waals surface area contributed by atoms with E-state index in [0.29, 0.717) is 5.16 Å². The van der Waals surface area contributed by atoms with Crippen LogP contribution in [0.15, 0.2) is 40.3 Å². The number of anilines is 1. The van der Waals surface area contributed by atoms with Crippen LogP contribution in [0, 0.1) is 0 Å². The predicted molar refractivity (Wildman–Crippen MR) is 96.7 cm³/mol. The molecule has 0 unspecified atom stereocenters. The number of carbonyl (C=O) groups is 1. The van der Waals surface area contributed by atoms with Gasteiger partial charge in [-0.1, -0.05) is 43.3 Å². The summed E-state index contributed by atoms with van der Waals surface area (Å²) in [5.74, 6) is 0.304. The van der Waals surface area contributed by atoms with Crippen molar-refractivity contribution in [3.05, 3.63) is 51.9 Å². The zero-order valence-corrected chi connectivity index (χ0v) is 14.7. The molecule has 0 fully saturated rings. The van der Waals surface area contributed by atoms with Crippen molar-refractivity contribution in [3.8, 4) is 0 Å². The number of hydrogen-bond donors (Lipinski definition) is 1. The van der Waals surface area contributed by atoms with Crippen molar-refractivity contribution in [2.45, 2.75) is 44.3 Å². The summed E-state index contributed by atoms with van der Waals surface area (Å²) in [6, 6.07) is 9.70. The number of carbonyl (C=O) groups excluding carboxylic acids is 1. The lowest BCUT2D eigenvalue weighted by Crippen LogP contribution is -2.37. The van der Waals surface area contributed by atoms with Crippen molar-refractivity contribution < 1.29 is 4.79 Å². The van der Waals surface area contributed by atoms with Crippen LogP contribution in [0.1, 0.15) is 31.5 Å². The normalized spacial score (nSPS) is 16.2. The van der Waals surface area contributed by atoms with Gasteiger partial charge in [0.05, 0.1) is 5.75 Å². The predicted octanol–water partition coefficient (Wildman–Crippen LogP) is 2.79. The maximum Gasteiger partial charge on any atom is 0.251 e. The zero-order valence-electron chi connectivity index (χ0n) is 13.9. The second kappa shape index (κ2) is 7.21. The molecule has 1 aliphatic heterocycles. The lowest BCUT2D eigenvalue weighted by molar-refractivity contribution is -0.116. The second-order valence-electron chi connectivity index (χ2n) is 6.03. The van der Waals surface area contributed by atoms with Crippen LogP contribution in [-0.2, 0) is 17.6 Å². The third-order valence-electron chi connectivity index (χ3n) is 4.09. The van der Waals surface area contributed by atoms with Crippen LogP contribution >= 0.6 is 11.8 Å². The minimum Gasteiger partial charge on any atom is -0.308 e. The lowest BCUT2D eigenvalue weighted by atomic mass is 10.1. The summed E-state index contributed by atoms with van der Waals surface area (Å²) in [5, 5.41) is 0.513. The number of rotatable bonds is 5. The summed E-state index contributed by atoms with van der Waals surface area (Å²) in [4.78, 5) is 33.4. The average Bonchev–Trinajstić information content (AvgIpc) is 2.88. The molecule has 0 saturated carbocycles. The molecule has 2 aromatic rings. The number of para-hydroxylation sites is 1. The molecule has 1 aliphatic rings. The first-order valence-electron chi connectivity index (χ1n) is 8.21. The van der Waals surface area contributed by atoms with Gasteiger partial charge in [0.1, 0.15) is 0 Å². The third-order valence-corrected chi connectivity index (χ3v) is 4.95. The van der Waals surface area contributed by atoms with Gasteiger partial charge in [-0.2, -0.15) is 0 Å². The van der Waals surface area contributed by atoms with E-state index in [-0.39, 0.29) is 23.3 Å². The van der Waals surface area contributed by atoms with Gasteiger partial charge < -0.3 is 9.88 Å². The molecule has 0 saturated heterocycles. The number of fused-ring (bicyclic) bond motifs is 1. The summed E-state index contributed by atoms with van der Waals surface area (Å²) >= 11 is 1.29. The monoisotopic (exact) mass is 343 g/mol. The van der Waals surface area contributed by atoms with Crippen molar-refractivity contribution in [2.75, 3.05) is 10.7 Å². The number of aromatic nitrogens is 2. The Balaban J connectivity index is 1.71. The highest BCUT2D eigenvalue weighted by Gasteiger charge is 2.30. The van der Waals surface area contributed by atoms with Crippen molar-refractivity contribution >= 4 is 23.4 Å². The standard InChI is InChI=1S/C18H21N3O2S/c1-3-6-14-10-16(22)20-18(19-14)24-11-17(23)21-12(2)9-13-7-4-5-8-15(13)21/h4-5,7-8,10,12H,3,6,9,11H2,1-2H3,(H,19,20,22)/t12-/m0/s1. The van der Waals surface area contributed by atoms with Gasteiger partial charge in [-0.25, -0.2) is 4.98 Å². The Morgan fingerprint density at radius 1 is 1.42 bits per heavy atom. The topological polar surface area (TPSA) is 66.1 Å². The molecule has 6 heteroatoms. The summed E-state index contributed by atoms with van der Waals surface area (Å²) < 4.78 is 0. The molecular weight excluding hydrogens is 322 g/mol. The van der Waals surface area contributed by atoms with E-state index in [1.165, 1.54) is 23.4 Å². The van der Waals surface area contributed by atoms with Crippen LogP contribution in [-0.4, -0.2) is 27.7 Å². The second-order valence-corrected chi connectivity index (χ2v) is 6.99. The summed E-state index contributed by atoms with van der Waals surface area (Å²) in [7, 11) is 0. The van der Waals surface area contributed by atoms with E-state index >= 15 is 0 Å². The summed E-state index contributed by atoms with van der Waals surface area (Å²) in [6.45, 7) is 4.11. The van der Waals surface area contributed by atoms with Crippen LogP contribution in [0.3, 0.4) is 0 Å². The first-order valence-corrected chi connectivity index (χ1v) is 9.20. The van der Waals surface area contributed by atoms with Crippen LogP contribution in [0.4, 0.5) is 5.69 Å². The molecule has 0 bridgehead atoms. The summed E-state index contributed by atoms with van der Waals surface area (Å²) in [5.41, 5.74) is 2.82. The maximum atomic E-state index is 12.7.